The first-order chi connectivity index (χ1) is 6.85. The summed E-state index contributed by atoms with van der Waals surface area (Å²) in [6.45, 7) is 6.71. The van der Waals surface area contributed by atoms with Crippen molar-refractivity contribution in [2.24, 2.45) is 11.3 Å². The van der Waals surface area contributed by atoms with E-state index in [1.165, 1.54) is 11.1 Å². The number of benzene rings is 1. The maximum absolute atomic E-state index is 3.75. The predicted octanol–water partition coefficient (Wildman–Crippen LogP) is 4.48. The van der Waals surface area contributed by atoms with Crippen molar-refractivity contribution in [1.29, 1.82) is 0 Å². The molecule has 0 nitrogen and oxygen atoms in total. The van der Waals surface area contributed by atoms with Gasteiger partial charge in [0.2, 0.25) is 0 Å². The standard InChI is InChI=1S/C13H15Br2/c1-9-5-4-6-10(7-9)8-11-12(2,3)13(11,14)15/h4-5,7,11H,8H2,1-3H3. The number of aryl methyl sites for hydroxylation is 1. The van der Waals surface area contributed by atoms with Crippen molar-refractivity contribution in [3.63, 3.8) is 0 Å². The van der Waals surface area contributed by atoms with Crippen molar-refractivity contribution in [2.45, 2.75) is 30.4 Å². The first kappa shape index (κ1) is 11.7. The third-order valence-corrected chi connectivity index (χ3v) is 6.67. The second-order valence-corrected chi connectivity index (χ2v) is 8.56. The van der Waals surface area contributed by atoms with E-state index >= 15 is 0 Å². The summed E-state index contributed by atoms with van der Waals surface area (Å²) in [5, 5.41) is 0. The first-order valence-corrected chi connectivity index (χ1v) is 6.79. The number of hydrogen-bond donors (Lipinski definition) is 0. The molecular formula is C13H15Br2. The summed E-state index contributed by atoms with van der Waals surface area (Å²) in [6, 6.07) is 9.65. The molecule has 2 heteroatoms. The maximum atomic E-state index is 3.75. The van der Waals surface area contributed by atoms with Crippen molar-refractivity contribution in [3.05, 3.63) is 35.4 Å². The van der Waals surface area contributed by atoms with Crippen molar-refractivity contribution in [1.82, 2.24) is 0 Å². The molecule has 1 aliphatic rings. The van der Waals surface area contributed by atoms with Gasteiger partial charge in [0.1, 0.15) is 0 Å². The van der Waals surface area contributed by atoms with Crippen molar-refractivity contribution >= 4 is 31.9 Å². The SMILES string of the molecule is Cc1cc[c]c(CC2C(C)(C)C2(Br)Br)c1. The van der Waals surface area contributed by atoms with E-state index in [9.17, 15) is 0 Å². The van der Waals surface area contributed by atoms with Crippen molar-refractivity contribution in [3.8, 4) is 0 Å². The molecule has 0 N–H and O–H groups in total. The van der Waals surface area contributed by atoms with E-state index in [1.807, 2.05) is 6.07 Å². The van der Waals surface area contributed by atoms with E-state index in [-0.39, 0.29) is 3.23 Å². The van der Waals surface area contributed by atoms with Crippen LogP contribution < -0.4 is 0 Å². The molecular weight excluding hydrogens is 316 g/mol. The summed E-state index contributed by atoms with van der Waals surface area (Å²) in [6.07, 6.45) is 1.09. The summed E-state index contributed by atoms with van der Waals surface area (Å²) in [5.74, 6) is 0.642. The van der Waals surface area contributed by atoms with Crippen LogP contribution in [0.4, 0.5) is 0 Å². The normalized spacial score (nSPS) is 26.3. The second kappa shape index (κ2) is 3.59. The summed E-state index contributed by atoms with van der Waals surface area (Å²) in [7, 11) is 0. The molecule has 0 bridgehead atoms. The predicted molar refractivity (Wildman–Crippen MR) is 71.6 cm³/mol. The molecule has 15 heavy (non-hydrogen) atoms. The van der Waals surface area contributed by atoms with Gasteiger partial charge in [-0.3, -0.25) is 0 Å². The first-order valence-electron chi connectivity index (χ1n) is 5.21. The third-order valence-electron chi connectivity index (χ3n) is 3.53. The smallest absolute Gasteiger partial charge is 0.0718 e. The molecule has 1 aromatic rings. The summed E-state index contributed by atoms with van der Waals surface area (Å²) in [4.78, 5) is 0. The van der Waals surface area contributed by atoms with Crippen LogP contribution in [-0.2, 0) is 6.42 Å². The lowest BCUT2D eigenvalue weighted by molar-refractivity contribution is 0.557. The fourth-order valence-corrected chi connectivity index (χ4v) is 3.92. The van der Waals surface area contributed by atoms with Gasteiger partial charge in [0.05, 0.1) is 3.23 Å². The molecule has 2 rings (SSSR count). The lowest BCUT2D eigenvalue weighted by Gasteiger charge is -2.02. The van der Waals surface area contributed by atoms with Crippen molar-refractivity contribution in [2.75, 3.05) is 0 Å². The number of hydrogen-bond acceptors (Lipinski definition) is 0. The van der Waals surface area contributed by atoms with E-state index in [2.05, 4.69) is 70.8 Å². The molecule has 1 aromatic carbocycles. The molecule has 0 heterocycles. The van der Waals surface area contributed by atoms with Crippen LogP contribution in [0.1, 0.15) is 25.0 Å². The average Bonchev–Trinajstić information content (AvgIpc) is 2.48. The van der Waals surface area contributed by atoms with Gasteiger partial charge in [-0.25, -0.2) is 0 Å². The number of alkyl halides is 2. The van der Waals surface area contributed by atoms with Gasteiger partial charge < -0.3 is 0 Å². The lowest BCUT2D eigenvalue weighted by Crippen LogP contribution is -1.95. The van der Waals surface area contributed by atoms with Gasteiger partial charge in [-0.1, -0.05) is 69.5 Å². The quantitative estimate of drug-likeness (QED) is 0.701. The van der Waals surface area contributed by atoms with Gasteiger partial charge >= 0.3 is 0 Å². The molecule has 1 aliphatic carbocycles. The zero-order valence-corrected chi connectivity index (χ0v) is 12.4. The zero-order chi connectivity index (χ0) is 11.3. The Bertz CT molecular complexity index is 366. The number of halogens is 2. The Kier molecular flexibility index (Phi) is 2.79. The molecule has 1 radical (unpaired) electrons. The summed E-state index contributed by atoms with van der Waals surface area (Å²) in [5.41, 5.74) is 2.95. The van der Waals surface area contributed by atoms with Crippen LogP contribution in [0, 0.1) is 24.3 Å². The van der Waals surface area contributed by atoms with Gasteiger partial charge in [0, 0.05) is 0 Å². The van der Waals surface area contributed by atoms with Crippen LogP contribution in [0.15, 0.2) is 18.2 Å². The molecule has 1 atom stereocenters. The Balaban J connectivity index is 2.12. The highest BCUT2D eigenvalue weighted by atomic mass is 79.9. The molecule has 0 saturated heterocycles. The lowest BCUT2D eigenvalue weighted by atomic mass is 10.0. The molecule has 0 aromatic heterocycles. The van der Waals surface area contributed by atoms with E-state index < -0.39 is 0 Å². The Morgan fingerprint density at radius 3 is 2.47 bits per heavy atom. The van der Waals surface area contributed by atoms with E-state index in [0.29, 0.717) is 11.3 Å². The topological polar surface area (TPSA) is 0 Å². The van der Waals surface area contributed by atoms with Crippen LogP contribution in [0.3, 0.4) is 0 Å². The van der Waals surface area contributed by atoms with Crippen LogP contribution in [-0.4, -0.2) is 3.23 Å². The minimum atomic E-state index is 0.116. The Labute approximate surface area is 109 Å². The third kappa shape index (κ3) is 1.91. The zero-order valence-electron chi connectivity index (χ0n) is 9.27. The fraction of sp³-hybridized carbons (Fsp3) is 0.538. The summed E-state index contributed by atoms with van der Waals surface area (Å²) < 4.78 is 0.116. The average molecular weight is 331 g/mol. The summed E-state index contributed by atoms with van der Waals surface area (Å²) >= 11 is 7.51. The minimum Gasteiger partial charge on any atom is -0.0718 e. The van der Waals surface area contributed by atoms with Gasteiger partial charge in [-0.15, -0.1) is 0 Å². The highest BCUT2D eigenvalue weighted by Gasteiger charge is 2.68. The largest absolute Gasteiger partial charge is 0.0896 e. The van der Waals surface area contributed by atoms with Gasteiger partial charge in [0.15, 0.2) is 0 Å². The van der Waals surface area contributed by atoms with E-state index in [0.717, 1.165) is 6.42 Å². The van der Waals surface area contributed by atoms with Crippen LogP contribution in [0.5, 0.6) is 0 Å². The second-order valence-electron chi connectivity index (χ2n) is 4.99. The molecule has 81 valence electrons. The van der Waals surface area contributed by atoms with Crippen LogP contribution in [0.25, 0.3) is 0 Å². The minimum absolute atomic E-state index is 0.116. The van der Waals surface area contributed by atoms with Crippen molar-refractivity contribution < 1.29 is 0 Å². The monoisotopic (exact) mass is 329 g/mol. The molecule has 0 amide bonds. The van der Waals surface area contributed by atoms with E-state index in [1.54, 1.807) is 0 Å². The van der Waals surface area contributed by atoms with Gasteiger partial charge in [0.25, 0.3) is 0 Å². The Morgan fingerprint density at radius 2 is 2.00 bits per heavy atom. The molecule has 1 unspecified atom stereocenters. The maximum Gasteiger partial charge on any atom is 0.0896 e. The fourth-order valence-electron chi connectivity index (χ4n) is 2.12. The van der Waals surface area contributed by atoms with Crippen LogP contribution >= 0.6 is 31.9 Å². The highest BCUT2D eigenvalue weighted by molar-refractivity contribution is 9.25. The van der Waals surface area contributed by atoms with Gasteiger partial charge in [-0.05, 0) is 36.3 Å². The van der Waals surface area contributed by atoms with Crippen LogP contribution in [0.2, 0.25) is 0 Å². The molecule has 1 saturated carbocycles. The van der Waals surface area contributed by atoms with E-state index in [4.69, 9.17) is 0 Å². The Morgan fingerprint density at radius 1 is 1.40 bits per heavy atom. The highest BCUT2D eigenvalue weighted by Crippen LogP contribution is 2.71. The Hall–Kier alpha value is 0.180. The molecule has 0 spiro atoms. The van der Waals surface area contributed by atoms with Gasteiger partial charge in [-0.2, -0.15) is 0 Å². The molecule has 1 fully saturated rings. The molecule has 0 aliphatic heterocycles. The number of rotatable bonds is 2.